The zero-order valence-corrected chi connectivity index (χ0v) is 11.3. The maximum Gasteiger partial charge on any atom is 0.243 e. The molecule has 0 aromatic heterocycles. The van der Waals surface area contributed by atoms with Crippen LogP contribution in [0.3, 0.4) is 0 Å². The molecule has 0 fully saturated rings. The van der Waals surface area contributed by atoms with Crippen molar-refractivity contribution in [1.82, 2.24) is 4.31 Å². The van der Waals surface area contributed by atoms with Gasteiger partial charge in [0, 0.05) is 18.8 Å². The van der Waals surface area contributed by atoms with Gasteiger partial charge in [0.15, 0.2) is 0 Å². The van der Waals surface area contributed by atoms with E-state index >= 15 is 0 Å². The molecule has 2 N–H and O–H groups in total. The lowest BCUT2D eigenvalue weighted by molar-refractivity contribution is 0.474. The van der Waals surface area contributed by atoms with Gasteiger partial charge in [0.1, 0.15) is 0 Å². The van der Waals surface area contributed by atoms with Crippen LogP contribution in [0.2, 0.25) is 0 Å². The Morgan fingerprint density at radius 3 is 2.28 bits per heavy atom. The Hall–Kier alpha value is -1.59. The lowest BCUT2D eigenvalue weighted by atomic mass is 10.2. The van der Waals surface area contributed by atoms with Crippen LogP contribution < -0.4 is 5.73 Å². The molecule has 1 rings (SSSR count). The molecule has 98 valence electrons. The standard InChI is InChI=1S/C13H18N2O2S/c1-4-8-15(9-5-2)18(16,17)13-7-6-12(14)10-11(13)3/h4-7,10H,1-2,8-9,14H2,3H3. The molecule has 0 aliphatic rings. The van der Waals surface area contributed by atoms with Crippen molar-refractivity contribution in [3.63, 3.8) is 0 Å². The molecular weight excluding hydrogens is 248 g/mol. The van der Waals surface area contributed by atoms with E-state index < -0.39 is 10.0 Å². The summed E-state index contributed by atoms with van der Waals surface area (Å²) in [5.74, 6) is 0. The van der Waals surface area contributed by atoms with Gasteiger partial charge in [0.2, 0.25) is 10.0 Å². The van der Waals surface area contributed by atoms with Gasteiger partial charge in [-0.2, -0.15) is 4.31 Å². The van der Waals surface area contributed by atoms with Gasteiger partial charge in [-0.15, -0.1) is 13.2 Å². The van der Waals surface area contributed by atoms with Crippen LogP contribution in [0, 0.1) is 6.92 Å². The second-order valence-electron chi connectivity index (χ2n) is 3.92. The van der Waals surface area contributed by atoms with Crippen LogP contribution >= 0.6 is 0 Å². The zero-order chi connectivity index (χ0) is 13.8. The fraction of sp³-hybridized carbons (Fsp3) is 0.231. The van der Waals surface area contributed by atoms with E-state index in [2.05, 4.69) is 13.2 Å². The number of benzene rings is 1. The third-order valence-electron chi connectivity index (χ3n) is 2.48. The largest absolute Gasteiger partial charge is 0.399 e. The number of rotatable bonds is 6. The van der Waals surface area contributed by atoms with Gasteiger partial charge in [-0.25, -0.2) is 8.42 Å². The number of aryl methyl sites for hydroxylation is 1. The molecule has 0 heterocycles. The molecule has 0 amide bonds. The highest BCUT2D eigenvalue weighted by Gasteiger charge is 2.23. The first-order valence-corrected chi connectivity index (χ1v) is 6.95. The van der Waals surface area contributed by atoms with Crippen LogP contribution in [-0.4, -0.2) is 25.8 Å². The molecule has 0 spiro atoms. The van der Waals surface area contributed by atoms with Crippen LogP contribution in [0.5, 0.6) is 0 Å². The molecule has 0 unspecified atom stereocenters. The third-order valence-corrected chi connectivity index (χ3v) is 4.47. The van der Waals surface area contributed by atoms with Gasteiger partial charge in [-0.05, 0) is 30.7 Å². The Morgan fingerprint density at radius 1 is 1.28 bits per heavy atom. The van der Waals surface area contributed by atoms with Gasteiger partial charge >= 0.3 is 0 Å². The van der Waals surface area contributed by atoms with Crippen molar-refractivity contribution in [2.45, 2.75) is 11.8 Å². The molecule has 0 atom stereocenters. The second-order valence-corrected chi connectivity index (χ2v) is 5.83. The third kappa shape index (κ3) is 3.00. The van der Waals surface area contributed by atoms with E-state index in [0.717, 1.165) is 0 Å². The summed E-state index contributed by atoms with van der Waals surface area (Å²) in [6.07, 6.45) is 3.10. The molecule has 5 heteroatoms. The summed E-state index contributed by atoms with van der Waals surface area (Å²) in [5.41, 5.74) is 6.80. The lowest BCUT2D eigenvalue weighted by Crippen LogP contribution is -2.31. The monoisotopic (exact) mass is 266 g/mol. The van der Waals surface area contributed by atoms with Crippen LogP contribution in [0.25, 0.3) is 0 Å². The molecule has 1 aromatic rings. The SMILES string of the molecule is C=CCN(CC=C)S(=O)(=O)c1ccc(N)cc1C. The van der Waals surface area contributed by atoms with Crippen LogP contribution in [0.4, 0.5) is 5.69 Å². The van der Waals surface area contributed by atoms with Crippen molar-refractivity contribution >= 4 is 15.7 Å². The van der Waals surface area contributed by atoms with E-state index in [1.807, 2.05) is 0 Å². The average molecular weight is 266 g/mol. The number of nitrogens with two attached hydrogens (primary N) is 1. The Morgan fingerprint density at radius 2 is 1.83 bits per heavy atom. The van der Waals surface area contributed by atoms with Crippen LogP contribution in [0.15, 0.2) is 48.4 Å². The fourth-order valence-electron chi connectivity index (χ4n) is 1.66. The van der Waals surface area contributed by atoms with Crippen LogP contribution in [-0.2, 0) is 10.0 Å². The van der Waals surface area contributed by atoms with Crippen molar-refractivity contribution in [2.24, 2.45) is 0 Å². The highest BCUT2D eigenvalue weighted by atomic mass is 32.2. The minimum Gasteiger partial charge on any atom is -0.399 e. The zero-order valence-electron chi connectivity index (χ0n) is 10.5. The number of nitrogen functional groups attached to an aromatic ring is 1. The summed E-state index contributed by atoms with van der Waals surface area (Å²) >= 11 is 0. The van der Waals surface area contributed by atoms with E-state index in [4.69, 9.17) is 5.73 Å². The molecule has 0 bridgehead atoms. The van der Waals surface area contributed by atoms with Crippen molar-refractivity contribution in [2.75, 3.05) is 18.8 Å². The quantitative estimate of drug-likeness (QED) is 0.632. The van der Waals surface area contributed by atoms with Crippen molar-refractivity contribution in [3.05, 3.63) is 49.1 Å². The fourth-order valence-corrected chi connectivity index (χ4v) is 3.25. The molecule has 18 heavy (non-hydrogen) atoms. The van der Waals surface area contributed by atoms with Gasteiger partial charge in [0.05, 0.1) is 4.90 Å². The molecule has 0 saturated heterocycles. The minimum atomic E-state index is -3.54. The average Bonchev–Trinajstić information content (AvgIpc) is 2.28. The van der Waals surface area contributed by atoms with E-state index in [0.29, 0.717) is 11.3 Å². The molecule has 0 aliphatic heterocycles. The van der Waals surface area contributed by atoms with Crippen LogP contribution in [0.1, 0.15) is 5.56 Å². The van der Waals surface area contributed by atoms with Crippen molar-refractivity contribution in [1.29, 1.82) is 0 Å². The molecule has 0 radical (unpaired) electrons. The van der Waals surface area contributed by atoms with Gasteiger partial charge in [-0.1, -0.05) is 12.2 Å². The summed E-state index contributed by atoms with van der Waals surface area (Å²) in [7, 11) is -3.54. The Bertz CT molecular complexity index is 540. The molecule has 0 saturated carbocycles. The maximum absolute atomic E-state index is 12.4. The topological polar surface area (TPSA) is 63.4 Å². The molecular formula is C13H18N2O2S. The number of anilines is 1. The van der Waals surface area contributed by atoms with Crippen molar-refractivity contribution in [3.8, 4) is 0 Å². The lowest BCUT2D eigenvalue weighted by Gasteiger charge is -2.20. The number of hydrogen-bond donors (Lipinski definition) is 1. The highest BCUT2D eigenvalue weighted by Crippen LogP contribution is 2.21. The molecule has 1 aromatic carbocycles. The summed E-state index contributed by atoms with van der Waals surface area (Å²) in [5, 5.41) is 0. The van der Waals surface area contributed by atoms with E-state index in [1.54, 1.807) is 31.2 Å². The van der Waals surface area contributed by atoms with E-state index in [-0.39, 0.29) is 18.0 Å². The number of hydrogen-bond acceptors (Lipinski definition) is 3. The maximum atomic E-state index is 12.4. The predicted octanol–water partition coefficient (Wildman–Crippen LogP) is 1.94. The predicted molar refractivity (Wildman–Crippen MR) is 74.7 cm³/mol. The Kier molecular flexibility index (Phi) is 4.69. The second kappa shape index (κ2) is 5.84. The summed E-state index contributed by atoms with van der Waals surface area (Å²) in [6.45, 7) is 9.35. The first kappa shape index (κ1) is 14.5. The van der Waals surface area contributed by atoms with E-state index in [9.17, 15) is 8.42 Å². The Labute approximate surface area is 108 Å². The van der Waals surface area contributed by atoms with Gasteiger partial charge in [0.25, 0.3) is 0 Å². The Balaban J connectivity index is 3.25. The smallest absolute Gasteiger partial charge is 0.243 e. The molecule has 0 aliphatic carbocycles. The number of nitrogens with zero attached hydrogens (tertiary/aromatic N) is 1. The summed E-state index contributed by atoms with van der Waals surface area (Å²) < 4.78 is 26.2. The van der Waals surface area contributed by atoms with Gasteiger partial charge < -0.3 is 5.73 Å². The summed E-state index contributed by atoms with van der Waals surface area (Å²) in [4.78, 5) is 0.264. The van der Waals surface area contributed by atoms with Crippen molar-refractivity contribution < 1.29 is 8.42 Å². The number of sulfonamides is 1. The first-order valence-electron chi connectivity index (χ1n) is 5.51. The van der Waals surface area contributed by atoms with Gasteiger partial charge in [-0.3, -0.25) is 0 Å². The highest BCUT2D eigenvalue weighted by molar-refractivity contribution is 7.89. The first-order chi connectivity index (χ1) is 8.43. The minimum absolute atomic E-state index is 0.248. The molecule has 4 nitrogen and oxygen atoms in total. The summed E-state index contributed by atoms with van der Waals surface area (Å²) in [6, 6.07) is 4.76. The van der Waals surface area contributed by atoms with E-state index in [1.165, 1.54) is 10.4 Å². The normalized spacial score (nSPS) is 11.4.